The van der Waals surface area contributed by atoms with Crippen LogP contribution in [0.15, 0.2) is 53.4 Å². The molecule has 0 bridgehead atoms. The zero-order chi connectivity index (χ0) is 13.9. The summed E-state index contributed by atoms with van der Waals surface area (Å²) in [4.78, 5) is 13.1. The summed E-state index contributed by atoms with van der Waals surface area (Å²) in [5.74, 6) is 0.889. The summed E-state index contributed by atoms with van der Waals surface area (Å²) in [7, 11) is 1.65. The Morgan fingerprint density at radius 1 is 1.14 bits per heavy atom. The van der Waals surface area contributed by atoms with Gasteiger partial charge in [0.25, 0.3) is 0 Å². The molecule has 2 aromatic rings. The van der Waals surface area contributed by atoms with Crippen molar-refractivity contribution in [1.29, 1.82) is 0 Å². The number of hydrogen-bond acceptors (Lipinski definition) is 3. The summed E-state index contributed by atoms with van der Waals surface area (Å²) in [6.07, 6.45) is 0.478. The van der Waals surface area contributed by atoms with Gasteiger partial charge in [0.1, 0.15) is 5.75 Å². The zero-order valence-corrected chi connectivity index (χ0v) is 13.2. The Balaban J connectivity index is 0.00000161. The Morgan fingerprint density at radius 2 is 1.86 bits per heavy atom. The monoisotopic (exact) mass is 321 g/mol. The van der Waals surface area contributed by atoms with Crippen molar-refractivity contribution in [3.05, 3.63) is 54.1 Å². The molecule has 0 saturated carbocycles. The van der Waals surface area contributed by atoms with Crippen LogP contribution in [0.25, 0.3) is 0 Å². The van der Waals surface area contributed by atoms with E-state index < -0.39 is 0 Å². The van der Waals surface area contributed by atoms with Gasteiger partial charge in [-0.15, -0.1) is 24.2 Å². The van der Waals surface area contributed by atoms with Crippen LogP contribution in [0, 0.1) is 0 Å². The minimum atomic E-state index is 0. The predicted octanol–water partition coefficient (Wildman–Crippen LogP) is 4.29. The number of anilines is 1. The van der Waals surface area contributed by atoms with Crippen LogP contribution in [0.2, 0.25) is 0 Å². The van der Waals surface area contributed by atoms with Crippen LogP contribution < -0.4 is 10.1 Å². The van der Waals surface area contributed by atoms with E-state index in [0.29, 0.717) is 6.42 Å². The van der Waals surface area contributed by atoms with Crippen molar-refractivity contribution in [3.63, 3.8) is 0 Å². The fourth-order valence-electron chi connectivity index (χ4n) is 2.24. The number of fused-ring (bicyclic) bond motifs is 1. The minimum Gasteiger partial charge on any atom is -0.497 e. The van der Waals surface area contributed by atoms with E-state index in [4.69, 9.17) is 4.74 Å². The Labute approximate surface area is 134 Å². The third kappa shape index (κ3) is 3.52. The highest BCUT2D eigenvalue weighted by Gasteiger charge is 2.23. The molecule has 0 spiro atoms. The van der Waals surface area contributed by atoms with Crippen molar-refractivity contribution in [1.82, 2.24) is 0 Å². The van der Waals surface area contributed by atoms with Crippen molar-refractivity contribution in [2.75, 3.05) is 12.4 Å². The molecule has 1 aliphatic heterocycles. The van der Waals surface area contributed by atoms with Crippen LogP contribution in [-0.4, -0.2) is 13.0 Å². The summed E-state index contributed by atoms with van der Waals surface area (Å²) in [6.45, 7) is 0. The number of benzene rings is 2. The first-order valence-corrected chi connectivity index (χ1v) is 7.34. The normalized spacial score (nSPS) is 17.0. The molecular weight excluding hydrogens is 306 g/mol. The molecule has 1 atom stereocenters. The van der Waals surface area contributed by atoms with Crippen molar-refractivity contribution < 1.29 is 9.53 Å². The highest BCUT2D eigenvalue weighted by atomic mass is 35.5. The van der Waals surface area contributed by atoms with Crippen LogP contribution >= 0.6 is 24.2 Å². The van der Waals surface area contributed by atoms with Gasteiger partial charge in [0.15, 0.2) is 0 Å². The molecule has 1 aliphatic rings. The second kappa shape index (κ2) is 6.87. The Hall–Kier alpha value is -1.65. The van der Waals surface area contributed by atoms with E-state index in [0.717, 1.165) is 21.9 Å². The molecule has 110 valence electrons. The number of para-hydroxylation sites is 1. The highest BCUT2D eigenvalue weighted by molar-refractivity contribution is 7.99. The molecular formula is C16H16ClNO2S. The quantitative estimate of drug-likeness (QED) is 0.896. The Kier molecular flexibility index (Phi) is 5.15. The standard InChI is InChI=1S/C16H15NO2S.ClH/c1-19-12-8-6-11(7-9-12)15-10-16(18)17-13-4-2-3-5-14(13)20-15;/h2-9,15H,10H2,1H3,(H,17,18);1H. The molecule has 0 fully saturated rings. The van der Waals surface area contributed by atoms with Gasteiger partial charge >= 0.3 is 0 Å². The number of hydrogen-bond donors (Lipinski definition) is 1. The van der Waals surface area contributed by atoms with Gasteiger partial charge in [0.05, 0.1) is 12.8 Å². The first-order chi connectivity index (χ1) is 9.76. The predicted molar refractivity (Wildman–Crippen MR) is 88.5 cm³/mol. The summed E-state index contributed by atoms with van der Waals surface area (Å²) in [5, 5.41) is 3.09. The lowest BCUT2D eigenvalue weighted by Gasteiger charge is -2.14. The molecule has 5 heteroatoms. The first-order valence-electron chi connectivity index (χ1n) is 6.46. The van der Waals surface area contributed by atoms with Gasteiger partial charge < -0.3 is 10.1 Å². The van der Waals surface area contributed by atoms with Gasteiger partial charge in [-0.05, 0) is 29.8 Å². The molecule has 2 aromatic carbocycles. The number of carbonyl (C=O) groups is 1. The van der Waals surface area contributed by atoms with E-state index in [1.165, 1.54) is 0 Å². The maximum Gasteiger partial charge on any atom is 0.225 e. The molecule has 1 N–H and O–H groups in total. The maximum absolute atomic E-state index is 12.0. The van der Waals surface area contributed by atoms with E-state index in [1.54, 1.807) is 18.9 Å². The average molecular weight is 322 g/mol. The molecule has 1 amide bonds. The SMILES string of the molecule is COc1ccc(C2CC(=O)Nc3ccccc3S2)cc1.Cl. The molecule has 0 aromatic heterocycles. The van der Waals surface area contributed by atoms with Crippen LogP contribution in [-0.2, 0) is 4.79 Å². The summed E-state index contributed by atoms with van der Waals surface area (Å²) in [6, 6.07) is 15.8. The number of carbonyl (C=O) groups excluding carboxylic acids is 1. The third-order valence-corrected chi connectivity index (χ3v) is 4.62. The molecule has 0 saturated heterocycles. The van der Waals surface area contributed by atoms with Crippen LogP contribution in [0.3, 0.4) is 0 Å². The lowest BCUT2D eigenvalue weighted by atomic mass is 10.1. The lowest BCUT2D eigenvalue weighted by molar-refractivity contribution is -0.116. The van der Waals surface area contributed by atoms with E-state index >= 15 is 0 Å². The average Bonchev–Trinajstić information content (AvgIpc) is 2.65. The number of nitrogens with one attached hydrogen (secondary N) is 1. The van der Waals surface area contributed by atoms with Crippen LogP contribution in [0.4, 0.5) is 5.69 Å². The number of amides is 1. The van der Waals surface area contributed by atoms with Gasteiger partial charge in [0, 0.05) is 16.6 Å². The van der Waals surface area contributed by atoms with E-state index in [-0.39, 0.29) is 23.6 Å². The molecule has 1 heterocycles. The molecule has 0 aliphatic carbocycles. The fraction of sp³-hybridized carbons (Fsp3) is 0.188. The fourth-order valence-corrected chi connectivity index (χ4v) is 3.48. The van der Waals surface area contributed by atoms with Gasteiger partial charge in [-0.2, -0.15) is 0 Å². The number of methoxy groups -OCH3 is 1. The van der Waals surface area contributed by atoms with Gasteiger partial charge in [0.2, 0.25) is 5.91 Å². The number of ether oxygens (including phenoxy) is 1. The van der Waals surface area contributed by atoms with E-state index in [1.807, 2.05) is 48.5 Å². The smallest absolute Gasteiger partial charge is 0.225 e. The molecule has 0 radical (unpaired) electrons. The zero-order valence-electron chi connectivity index (χ0n) is 11.5. The van der Waals surface area contributed by atoms with Gasteiger partial charge in [-0.3, -0.25) is 4.79 Å². The lowest BCUT2D eigenvalue weighted by Crippen LogP contribution is -2.11. The highest BCUT2D eigenvalue weighted by Crippen LogP contribution is 2.43. The van der Waals surface area contributed by atoms with Crippen molar-refractivity contribution in [2.24, 2.45) is 0 Å². The maximum atomic E-state index is 12.0. The molecule has 3 rings (SSSR count). The van der Waals surface area contributed by atoms with E-state index in [2.05, 4.69) is 5.32 Å². The summed E-state index contributed by atoms with van der Waals surface area (Å²) >= 11 is 1.72. The molecule has 21 heavy (non-hydrogen) atoms. The van der Waals surface area contributed by atoms with Crippen molar-refractivity contribution in [2.45, 2.75) is 16.6 Å². The Morgan fingerprint density at radius 3 is 2.57 bits per heavy atom. The largest absolute Gasteiger partial charge is 0.497 e. The number of thioether (sulfide) groups is 1. The van der Waals surface area contributed by atoms with Crippen LogP contribution in [0.5, 0.6) is 5.75 Å². The topological polar surface area (TPSA) is 38.3 Å². The summed E-state index contributed by atoms with van der Waals surface area (Å²) in [5.41, 5.74) is 2.04. The minimum absolute atomic E-state index is 0. The molecule has 1 unspecified atom stereocenters. The van der Waals surface area contributed by atoms with Crippen molar-refractivity contribution >= 4 is 35.8 Å². The first kappa shape index (κ1) is 15.7. The van der Waals surface area contributed by atoms with Gasteiger partial charge in [-0.25, -0.2) is 0 Å². The van der Waals surface area contributed by atoms with Crippen LogP contribution in [0.1, 0.15) is 17.2 Å². The Bertz CT molecular complexity index is 630. The second-order valence-electron chi connectivity index (χ2n) is 4.63. The van der Waals surface area contributed by atoms with E-state index in [9.17, 15) is 4.79 Å². The third-order valence-electron chi connectivity index (χ3n) is 3.29. The van der Waals surface area contributed by atoms with Gasteiger partial charge in [-0.1, -0.05) is 24.3 Å². The second-order valence-corrected chi connectivity index (χ2v) is 5.87. The summed E-state index contributed by atoms with van der Waals surface area (Å²) < 4.78 is 5.17. The number of rotatable bonds is 2. The molecule has 3 nitrogen and oxygen atoms in total. The number of halogens is 1. The van der Waals surface area contributed by atoms with Crippen molar-refractivity contribution in [3.8, 4) is 5.75 Å².